The first-order valence-electron chi connectivity index (χ1n) is 13.2. The lowest BCUT2D eigenvalue weighted by molar-refractivity contribution is 0.0698. The fourth-order valence-corrected chi connectivity index (χ4v) is 5.35. The number of oxazole rings is 1. The Hall–Kier alpha value is -3.96. The number of aromatic nitrogens is 2. The van der Waals surface area contributed by atoms with E-state index < -0.39 is 5.97 Å². The van der Waals surface area contributed by atoms with Crippen LogP contribution in [0.5, 0.6) is 5.75 Å². The molecule has 212 valence electrons. The number of benzene rings is 3. The van der Waals surface area contributed by atoms with Crippen molar-refractivity contribution in [3.05, 3.63) is 97.5 Å². The number of fused-ring (bicyclic) bond motifs is 1. The molecule has 7 nitrogen and oxygen atoms in total. The van der Waals surface area contributed by atoms with Gasteiger partial charge in [0, 0.05) is 34.6 Å². The molecular formula is C32H23Cl3N2O5. The molecule has 0 unspecified atom stereocenters. The van der Waals surface area contributed by atoms with E-state index in [1.165, 1.54) is 6.07 Å². The highest BCUT2D eigenvalue weighted by Gasteiger charge is 2.33. The fourth-order valence-electron chi connectivity index (χ4n) is 4.56. The van der Waals surface area contributed by atoms with Crippen molar-refractivity contribution in [3.63, 3.8) is 0 Å². The van der Waals surface area contributed by atoms with E-state index in [4.69, 9.17) is 48.5 Å². The minimum Gasteiger partial charge on any atom is -0.489 e. The number of hydrogen-bond acceptors (Lipinski definition) is 6. The van der Waals surface area contributed by atoms with Crippen LogP contribution in [0.1, 0.15) is 77.2 Å². The Morgan fingerprint density at radius 2 is 1.83 bits per heavy atom. The number of hydrogen-bond donors (Lipinski definition) is 1. The van der Waals surface area contributed by atoms with Gasteiger partial charge in [-0.05, 0) is 49.2 Å². The Labute approximate surface area is 256 Å². The van der Waals surface area contributed by atoms with Crippen molar-refractivity contribution < 1.29 is 23.6 Å². The maximum Gasteiger partial charge on any atom is 0.338 e. The first-order valence-corrected chi connectivity index (χ1v) is 14.4. The lowest BCUT2D eigenvalue weighted by Gasteiger charge is -2.10. The molecule has 6 rings (SSSR count). The maximum atomic E-state index is 11.9. The number of halogens is 3. The predicted molar refractivity (Wildman–Crippen MR) is 161 cm³/mol. The standard InChI is InChI=1S/C32H23Cl3N2O5/c1-16(2)31-36-28-21(32(38)39)12-17(13-26(28)41-31)6-7-18-10-11-20(14-25(18)35)40-15-22-29(37-42-30(22)19-8-9-19)27-23(33)4-3-5-24(27)34/h3-5,10-14,16,19H,8-9,15H2,1-2H3,(H,38,39). The quantitative estimate of drug-likeness (QED) is 0.181. The molecule has 0 amide bonds. The molecule has 2 heterocycles. The Bertz CT molecular complexity index is 1890. The Morgan fingerprint density at radius 3 is 2.50 bits per heavy atom. The van der Waals surface area contributed by atoms with Gasteiger partial charge in [-0.1, -0.05) is 71.7 Å². The summed E-state index contributed by atoms with van der Waals surface area (Å²) in [7, 11) is 0. The van der Waals surface area contributed by atoms with Crippen molar-refractivity contribution in [1.29, 1.82) is 0 Å². The zero-order chi connectivity index (χ0) is 29.5. The molecule has 1 aliphatic carbocycles. The second-order valence-electron chi connectivity index (χ2n) is 10.3. The smallest absolute Gasteiger partial charge is 0.338 e. The van der Waals surface area contributed by atoms with Crippen molar-refractivity contribution in [1.82, 2.24) is 10.1 Å². The van der Waals surface area contributed by atoms with Crippen LogP contribution in [0.3, 0.4) is 0 Å². The van der Waals surface area contributed by atoms with Crippen LogP contribution < -0.4 is 4.74 Å². The van der Waals surface area contributed by atoms with Gasteiger partial charge in [-0.3, -0.25) is 0 Å². The third kappa shape index (κ3) is 5.58. The highest BCUT2D eigenvalue weighted by Crippen LogP contribution is 2.46. The number of nitrogens with zero attached hydrogens (tertiary/aromatic N) is 2. The Kier molecular flexibility index (Phi) is 7.63. The second kappa shape index (κ2) is 11.4. The zero-order valence-corrected chi connectivity index (χ0v) is 24.8. The minimum absolute atomic E-state index is 0.0127. The summed E-state index contributed by atoms with van der Waals surface area (Å²) in [4.78, 5) is 16.2. The first-order chi connectivity index (χ1) is 20.2. The van der Waals surface area contributed by atoms with Crippen LogP contribution in [0.4, 0.5) is 0 Å². The van der Waals surface area contributed by atoms with Crippen LogP contribution in [0.15, 0.2) is 57.5 Å². The summed E-state index contributed by atoms with van der Waals surface area (Å²) in [5, 5.41) is 15.3. The van der Waals surface area contributed by atoms with Crippen molar-refractivity contribution >= 4 is 51.9 Å². The fraction of sp³-hybridized carbons (Fsp3) is 0.219. The summed E-state index contributed by atoms with van der Waals surface area (Å²) in [6, 6.07) is 13.6. The van der Waals surface area contributed by atoms with Crippen LogP contribution >= 0.6 is 34.8 Å². The molecule has 1 fully saturated rings. The molecular weight excluding hydrogens is 599 g/mol. The van der Waals surface area contributed by atoms with Gasteiger partial charge in [-0.15, -0.1) is 0 Å². The van der Waals surface area contributed by atoms with Crippen LogP contribution in [-0.2, 0) is 6.61 Å². The van der Waals surface area contributed by atoms with Gasteiger partial charge >= 0.3 is 5.97 Å². The van der Waals surface area contributed by atoms with Crippen molar-refractivity contribution in [2.45, 2.75) is 45.1 Å². The summed E-state index contributed by atoms with van der Waals surface area (Å²) in [6.07, 6.45) is 2.04. The van der Waals surface area contributed by atoms with Crippen LogP contribution in [0, 0.1) is 11.8 Å². The average molecular weight is 622 g/mol. The second-order valence-corrected chi connectivity index (χ2v) is 11.5. The molecule has 0 saturated heterocycles. The normalized spacial score (nSPS) is 12.9. The summed E-state index contributed by atoms with van der Waals surface area (Å²) in [5.74, 6) is 6.98. The Balaban J connectivity index is 1.25. The number of aromatic carboxylic acids is 1. The molecule has 5 aromatic rings. The van der Waals surface area contributed by atoms with E-state index in [-0.39, 0.29) is 18.1 Å². The molecule has 1 saturated carbocycles. The molecule has 0 bridgehead atoms. The zero-order valence-electron chi connectivity index (χ0n) is 22.5. The summed E-state index contributed by atoms with van der Waals surface area (Å²) in [5.41, 5.74) is 3.68. The lowest BCUT2D eigenvalue weighted by atomic mass is 10.0. The SMILES string of the molecule is CC(C)c1nc2c(C(=O)O)cc(C#Cc3ccc(OCc4c(-c5c(Cl)cccc5Cl)noc4C4CC4)cc3Cl)cc2o1. The third-order valence-corrected chi connectivity index (χ3v) is 7.81. The van der Waals surface area contributed by atoms with Gasteiger partial charge in [0.25, 0.3) is 0 Å². The van der Waals surface area contributed by atoms with E-state index in [1.807, 2.05) is 13.8 Å². The molecule has 0 aliphatic heterocycles. The molecule has 3 aromatic carbocycles. The molecule has 0 atom stereocenters. The molecule has 0 spiro atoms. The summed E-state index contributed by atoms with van der Waals surface area (Å²) < 4.78 is 17.6. The number of ether oxygens (including phenoxy) is 1. The van der Waals surface area contributed by atoms with E-state index in [0.717, 1.165) is 24.2 Å². The van der Waals surface area contributed by atoms with Crippen molar-refractivity contribution in [2.75, 3.05) is 0 Å². The third-order valence-electron chi connectivity index (χ3n) is 6.87. The highest BCUT2D eigenvalue weighted by atomic mass is 35.5. The van der Waals surface area contributed by atoms with Gasteiger partial charge in [0.05, 0.1) is 26.2 Å². The van der Waals surface area contributed by atoms with Gasteiger partial charge < -0.3 is 18.8 Å². The Morgan fingerprint density at radius 1 is 1.07 bits per heavy atom. The number of rotatable bonds is 7. The molecule has 42 heavy (non-hydrogen) atoms. The first kappa shape index (κ1) is 28.2. The monoisotopic (exact) mass is 620 g/mol. The van der Waals surface area contributed by atoms with Crippen molar-refractivity contribution in [3.8, 4) is 28.8 Å². The highest BCUT2D eigenvalue weighted by molar-refractivity contribution is 6.39. The van der Waals surface area contributed by atoms with E-state index in [2.05, 4.69) is 22.0 Å². The van der Waals surface area contributed by atoms with Gasteiger partial charge in [-0.25, -0.2) is 9.78 Å². The van der Waals surface area contributed by atoms with E-state index in [0.29, 0.717) is 66.1 Å². The molecule has 1 aliphatic rings. The summed E-state index contributed by atoms with van der Waals surface area (Å²) in [6.45, 7) is 4.03. The average Bonchev–Trinajstić information content (AvgIpc) is 3.56. The van der Waals surface area contributed by atoms with Crippen LogP contribution in [0.2, 0.25) is 15.1 Å². The largest absolute Gasteiger partial charge is 0.489 e. The number of carboxylic acid groups (broad SMARTS) is 1. The van der Waals surface area contributed by atoms with E-state index in [9.17, 15) is 9.90 Å². The molecule has 1 N–H and O–H groups in total. The van der Waals surface area contributed by atoms with E-state index in [1.54, 1.807) is 42.5 Å². The van der Waals surface area contributed by atoms with Crippen LogP contribution in [0.25, 0.3) is 22.4 Å². The topological polar surface area (TPSA) is 98.6 Å². The van der Waals surface area contributed by atoms with Gasteiger partial charge in [0.1, 0.15) is 29.3 Å². The summed E-state index contributed by atoms with van der Waals surface area (Å²) >= 11 is 19.5. The van der Waals surface area contributed by atoms with Gasteiger partial charge in [-0.2, -0.15) is 0 Å². The lowest BCUT2D eigenvalue weighted by Crippen LogP contribution is -2.00. The van der Waals surface area contributed by atoms with Crippen molar-refractivity contribution in [2.24, 2.45) is 0 Å². The van der Waals surface area contributed by atoms with Gasteiger partial charge in [0.2, 0.25) is 0 Å². The molecule has 2 aromatic heterocycles. The minimum atomic E-state index is -1.11. The molecule has 10 heteroatoms. The maximum absolute atomic E-state index is 11.9. The predicted octanol–water partition coefficient (Wildman–Crippen LogP) is 9.12. The van der Waals surface area contributed by atoms with Gasteiger partial charge in [0.15, 0.2) is 11.5 Å². The molecule has 0 radical (unpaired) electrons. The number of carbonyl (C=O) groups is 1. The number of carboxylic acids is 1. The van der Waals surface area contributed by atoms with E-state index >= 15 is 0 Å². The van der Waals surface area contributed by atoms with Crippen LogP contribution in [-0.4, -0.2) is 21.2 Å².